The zero-order valence-electron chi connectivity index (χ0n) is 17.3. The fourth-order valence-corrected chi connectivity index (χ4v) is 5.54. The summed E-state index contributed by atoms with van der Waals surface area (Å²) in [5.41, 5.74) is 3.98. The van der Waals surface area contributed by atoms with Crippen molar-refractivity contribution < 1.29 is 13.2 Å². The summed E-state index contributed by atoms with van der Waals surface area (Å²) >= 11 is 1.40. The highest BCUT2D eigenvalue weighted by molar-refractivity contribution is 7.92. The molecule has 1 aromatic heterocycles. The van der Waals surface area contributed by atoms with Crippen molar-refractivity contribution in [2.24, 2.45) is 0 Å². The number of aromatic nitrogens is 1. The van der Waals surface area contributed by atoms with Crippen molar-refractivity contribution in [2.45, 2.75) is 25.3 Å². The van der Waals surface area contributed by atoms with Gasteiger partial charge < -0.3 is 0 Å². The van der Waals surface area contributed by atoms with Crippen LogP contribution in [0.4, 0.5) is 5.13 Å². The van der Waals surface area contributed by atoms with E-state index in [1.807, 2.05) is 50.2 Å². The van der Waals surface area contributed by atoms with E-state index in [1.54, 1.807) is 18.2 Å². The molecule has 158 valence electrons. The lowest BCUT2D eigenvalue weighted by molar-refractivity contribution is -0.116. The number of anilines is 1. The molecular weight excluding hydrogens is 428 g/mol. The molecule has 0 N–H and O–H groups in total. The summed E-state index contributed by atoms with van der Waals surface area (Å²) in [6.07, 6.45) is 0. The van der Waals surface area contributed by atoms with Crippen molar-refractivity contribution in [2.75, 3.05) is 10.7 Å². The Morgan fingerprint density at radius 2 is 1.55 bits per heavy atom. The van der Waals surface area contributed by atoms with Gasteiger partial charge in [-0.1, -0.05) is 59.9 Å². The van der Waals surface area contributed by atoms with Crippen molar-refractivity contribution in [3.63, 3.8) is 0 Å². The molecule has 0 saturated heterocycles. The van der Waals surface area contributed by atoms with Crippen LogP contribution < -0.4 is 4.90 Å². The molecule has 3 aromatic carbocycles. The Labute approximate surface area is 185 Å². The molecule has 0 fully saturated rings. The molecule has 0 aliphatic carbocycles. The normalized spacial score (nSPS) is 11.5. The van der Waals surface area contributed by atoms with Gasteiger partial charge in [-0.15, -0.1) is 0 Å². The van der Waals surface area contributed by atoms with Crippen LogP contribution >= 0.6 is 11.3 Å². The minimum Gasteiger partial charge on any atom is -0.283 e. The highest BCUT2D eigenvalue weighted by Gasteiger charge is 2.26. The van der Waals surface area contributed by atoms with Crippen LogP contribution in [0.15, 0.2) is 77.7 Å². The molecule has 0 radical (unpaired) electrons. The summed E-state index contributed by atoms with van der Waals surface area (Å²) in [5, 5.41) is 0.497. The number of thiazole rings is 1. The van der Waals surface area contributed by atoms with Crippen LogP contribution in [0.25, 0.3) is 10.2 Å². The van der Waals surface area contributed by atoms with Gasteiger partial charge in [-0.3, -0.25) is 9.69 Å². The molecule has 7 heteroatoms. The Morgan fingerprint density at radius 3 is 2.23 bits per heavy atom. The van der Waals surface area contributed by atoms with Gasteiger partial charge in [0.25, 0.3) is 0 Å². The minimum absolute atomic E-state index is 0.138. The smallest absolute Gasteiger partial charge is 0.244 e. The predicted molar refractivity (Wildman–Crippen MR) is 125 cm³/mol. The second-order valence-corrected chi connectivity index (χ2v) is 10.4. The molecule has 0 aliphatic rings. The van der Waals surface area contributed by atoms with Gasteiger partial charge in [-0.05, 0) is 54.8 Å². The number of sulfone groups is 1. The number of aryl methyl sites for hydroxylation is 2. The van der Waals surface area contributed by atoms with Crippen LogP contribution in [0.3, 0.4) is 0 Å². The summed E-state index contributed by atoms with van der Waals surface area (Å²) in [6.45, 7) is 4.31. The Kier molecular flexibility index (Phi) is 5.89. The van der Waals surface area contributed by atoms with Gasteiger partial charge in [0.15, 0.2) is 15.0 Å². The van der Waals surface area contributed by atoms with Gasteiger partial charge in [0.05, 0.1) is 21.7 Å². The third kappa shape index (κ3) is 4.68. The lowest BCUT2D eigenvalue weighted by Gasteiger charge is -2.20. The molecule has 4 aromatic rings. The maximum Gasteiger partial charge on any atom is 0.244 e. The Balaban J connectivity index is 1.71. The van der Waals surface area contributed by atoms with E-state index in [-0.39, 0.29) is 11.4 Å². The Bertz CT molecular complexity index is 1290. The first-order valence-electron chi connectivity index (χ1n) is 9.83. The second kappa shape index (κ2) is 8.61. The number of fused-ring (bicyclic) bond motifs is 1. The first kappa shape index (κ1) is 21.2. The maximum atomic E-state index is 13.3. The summed E-state index contributed by atoms with van der Waals surface area (Å²) in [4.78, 5) is 19.5. The largest absolute Gasteiger partial charge is 0.283 e. The summed E-state index contributed by atoms with van der Waals surface area (Å²) < 4.78 is 26.6. The fraction of sp³-hybridized carbons (Fsp3) is 0.167. The maximum absolute atomic E-state index is 13.3. The molecule has 5 nitrogen and oxygen atoms in total. The van der Waals surface area contributed by atoms with E-state index >= 15 is 0 Å². The van der Waals surface area contributed by atoms with E-state index in [0.29, 0.717) is 5.13 Å². The fourth-order valence-electron chi connectivity index (χ4n) is 3.26. The lowest BCUT2D eigenvalue weighted by Crippen LogP contribution is -2.35. The van der Waals surface area contributed by atoms with E-state index in [0.717, 1.165) is 26.9 Å². The van der Waals surface area contributed by atoms with Crippen LogP contribution in [0.5, 0.6) is 0 Å². The van der Waals surface area contributed by atoms with Crippen molar-refractivity contribution >= 4 is 42.4 Å². The molecule has 0 spiro atoms. The number of hydrogen-bond acceptors (Lipinski definition) is 5. The van der Waals surface area contributed by atoms with Gasteiger partial charge in [-0.2, -0.15) is 0 Å². The van der Waals surface area contributed by atoms with Crippen LogP contribution in [-0.2, 0) is 21.2 Å². The van der Waals surface area contributed by atoms with Crippen molar-refractivity contribution in [1.29, 1.82) is 0 Å². The van der Waals surface area contributed by atoms with Gasteiger partial charge >= 0.3 is 0 Å². The van der Waals surface area contributed by atoms with E-state index in [2.05, 4.69) is 11.1 Å². The standard InChI is InChI=1S/C24H22N2O3S2/c1-17-13-21-22(14-18(17)2)30-24(25-21)26(15-19-9-5-3-6-10-19)23(27)16-31(28,29)20-11-7-4-8-12-20/h3-14H,15-16H2,1-2H3. The quantitative estimate of drug-likeness (QED) is 0.418. The van der Waals surface area contributed by atoms with Gasteiger partial charge in [0, 0.05) is 0 Å². The zero-order valence-corrected chi connectivity index (χ0v) is 18.9. The topological polar surface area (TPSA) is 67.3 Å². The molecule has 0 bridgehead atoms. The number of benzene rings is 3. The van der Waals surface area contributed by atoms with Crippen molar-refractivity contribution in [1.82, 2.24) is 4.98 Å². The van der Waals surface area contributed by atoms with E-state index in [1.165, 1.54) is 28.4 Å². The number of rotatable bonds is 6. The third-order valence-corrected chi connectivity index (χ3v) is 7.78. The Morgan fingerprint density at radius 1 is 0.935 bits per heavy atom. The van der Waals surface area contributed by atoms with Gasteiger partial charge in [0.1, 0.15) is 5.75 Å². The SMILES string of the molecule is Cc1cc2nc(N(Cc3ccccc3)C(=O)CS(=O)(=O)c3ccccc3)sc2cc1C. The lowest BCUT2D eigenvalue weighted by atomic mass is 10.1. The number of nitrogens with zero attached hydrogens (tertiary/aromatic N) is 2. The summed E-state index contributed by atoms with van der Waals surface area (Å²) in [6, 6.07) is 21.6. The molecule has 0 saturated carbocycles. The van der Waals surface area contributed by atoms with Gasteiger partial charge in [0.2, 0.25) is 5.91 Å². The monoisotopic (exact) mass is 450 g/mol. The first-order chi connectivity index (χ1) is 14.8. The second-order valence-electron chi connectivity index (χ2n) is 7.44. The molecule has 1 amide bonds. The van der Waals surface area contributed by atoms with Crippen LogP contribution in [0.1, 0.15) is 16.7 Å². The van der Waals surface area contributed by atoms with Crippen molar-refractivity contribution in [3.8, 4) is 0 Å². The van der Waals surface area contributed by atoms with Crippen LogP contribution in [0.2, 0.25) is 0 Å². The van der Waals surface area contributed by atoms with Crippen LogP contribution in [-0.4, -0.2) is 25.1 Å². The van der Waals surface area contributed by atoms with Crippen LogP contribution in [0, 0.1) is 13.8 Å². The molecular formula is C24H22N2O3S2. The molecule has 31 heavy (non-hydrogen) atoms. The molecule has 0 unspecified atom stereocenters. The molecule has 0 atom stereocenters. The molecule has 0 aliphatic heterocycles. The average Bonchev–Trinajstić information content (AvgIpc) is 3.15. The predicted octanol–water partition coefficient (Wildman–Crippen LogP) is 4.92. The highest BCUT2D eigenvalue weighted by Crippen LogP contribution is 2.32. The number of amides is 1. The molecule has 1 heterocycles. The molecule has 4 rings (SSSR count). The third-order valence-electron chi connectivity index (χ3n) is 5.12. The van der Waals surface area contributed by atoms with E-state index in [9.17, 15) is 13.2 Å². The van der Waals surface area contributed by atoms with Gasteiger partial charge in [-0.25, -0.2) is 13.4 Å². The Hall–Kier alpha value is -3.03. The minimum atomic E-state index is -3.76. The summed E-state index contributed by atoms with van der Waals surface area (Å²) in [5.74, 6) is -1.11. The van der Waals surface area contributed by atoms with E-state index in [4.69, 9.17) is 0 Å². The summed E-state index contributed by atoms with van der Waals surface area (Å²) in [7, 11) is -3.76. The number of carbonyl (C=O) groups excluding carboxylic acids is 1. The van der Waals surface area contributed by atoms with E-state index < -0.39 is 21.5 Å². The zero-order chi connectivity index (χ0) is 22.0. The highest BCUT2D eigenvalue weighted by atomic mass is 32.2. The first-order valence-corrected chi connectivity index (χ1v) is 12.3. The van der Waals surface area contributed by atoms with Crippen molar-refractivity contribution in [3.05, 3.63) is 89.5 Å². The number of carbonyl (C=O) groups is 1. The number of hydrogen-bond donors (Lipinski definition) is 0. The average molecular weight is 451 g/mol.